The largest absolute Gasteiger partial charge is 0.497 e. The van der Waals surface area contributed by atoms with Gasteiger partial charge in [-0.2, -0.15) is 0 Å². The first kappa shape index (κ1) is 21.7. The molecule has 0 aromatic heterocycles. The van der Waals surface area contributed by atoms with Crippen LogP contribution in [0, 0.1) is 5.92 Å². The van der Waals surface area contributed by atoms with Gasteiger partial charge in [-0.15, -0.1) is 17.0 Å². The van der Waals surface area contributed by atoms with E-state index in [1.165, 1.54) is 13.2 Å². The molecule has 1 aromatic carbocycles. The number of ether oxygens (including phenoxy) is 3. The zero-order chi connectivity index (χ0) is 18.7. The van der Waals surface area contributed by atoms with Gasteiger partial charge in [0.2, 0.25) is 11.8 Å². The van der Waals surface area contributed by atoms with Gasteiger partial charge in [-0.05, 0) is 18.9 Å². The van der Waals surface area contributed by atoms with Crippen molar-refractivity contribution in [2.45, 2.75) is 43.9 Å². The number of halogens is 2. The standard InChI is InChI=1S/C19H22ClNO5.BrH/c1-24-15-11-16(22)25-17(15)19(21,13-9-5-6-10-14(13)20)26-18(23)12-7-3-2-4-8-12;/h5-6,9-12,17H,2-4,7-8,21H2,1H3;1H. The molecule has 2 unspecified atom stereocenters. The molecular formula is C19H23BrClNO5. The molecule has 0 bridgehead atoms. The van der Waals surface area contributed by atoms with Gasteiger partial charge in [0.05, 0.1) is 19.1 Å². The first-order valence-corrected chi connectivity index (χ1v) is 9.06. The number of methoxy groups -OCH3 is 1. The molecule has 0 radical (unpaired) electrons. The fourth-order valence-corrected chi connectivity index (χ4v) is 3.76. The third-order valence-electron chi connectivity index (χ3n) is 4.88. The second-order valence-corrected chi connectivity index (χ2v) is 7.00. The van der Waals surface area contributed by atoms with Crippen molar-refractivity contribution >= 4 is 40.5 Å². The van der Waals surface area contributed by atoms with Crippen molar-refractivity contribution in [2.75, 3.05) is 7.11 Å². The third-order valence-corrected chi connectivity index (χ3v) is 5.21. The van der Waals surface area contributed by atoms with E-state index in [0.717, 1.165) is 32.1 Å². The Bertz CT molecular complexity index is 735. The Hall–Kier alpha value is -1.57. The van der Waals surface area contributed by atoms with Crippen LogP contribution < -0.4 is 5.73 Å². The Morgan fingerprint density at radius 2 is 1.93 bits per heavy atom. The number of hydrogen-bond acceptors (Lipinski definition) is 6. The third kappa shape index (κ3) is 4.47. The summed E-state index contributed by atoms with van der Waals surface area (Å²) < 4.78 is 16.3. The molecule has 8 heteroatoms. The number of carbonyl (C=O) groups excluding carboxylic acids is 2. The van der Waals surface area contributed by atoms with E-state index in [1.807, 2.05) is 0 Å². The SMILES string of the molecule is Br.COC1=CC(=O)OC1C(N)(OC(=O)C1CCCCC1)c1ccccc1Cl. The average molecular weight is 461 g/mol. The average Bonchev–Trinajstić information content (AvgIpc) is 3.04. The smallest absolute Gasteiger partial charge is 0.335 e. The van der Waals surface area contributed by atoms with Crippen molar-refractivity contribution in [3.63, 3.8) is 0 Å². The van der Waals surface area contributed by atoms with E-state index in [0.29, 0.717) is 10.6 Å². The summed E-state index contributed by atoms with van der Waals surface area (Å²) >= 11 is 6.31. The zero-order valence-electron chi connectivity index (χ0n) is 15.0. The van der Waals surface area contributed by atoms with Gasteiger partial charge in [-0.1, -0.05) is 49.1 Å². The predicted molar refractivity (Wildman–Crippen MR) is 105 cm³/mol. The maximum Gasteiger partial charge on any atom is 0.335 e. The highest BCUT2D eigenvalue weighted by Gasteiger charge is 2.50. The molecule has 1 heterocycles. The quantitative estimate of drug-likeness (QED) is 0.533. The van der Waals surface area contributed by atoms with Crippen molar-refractivity contribution in [3.8, 4) is 0 Å². The van der Waals surface area contributed by atoms with Gasteiger partial charge in [-0.3, -0.25) is 10.5 Å². The van der Waals surface area contributed by atoms with E-state index < -0.39 is 23.8 Å². The lowest BCUT2D eigenvalue weighted by Gasteiger charge is -2.36. The molecule has 0 amide bonds. The van der Waals surface area contributed by atoms with E-state index in [2.05, 4.69) is 0 Å². The molecule has 1 aliphatic heterocycles. The number of hydrogen-bond donors (Lipinski definition) is 1. The molecular weight excluding hydrogens is 438 g/mol. The van der Waals surface area contributed by atoms with Gasteiger partial charge >= 0.3 is 11.9 Å². The summed E-state index contributed by atoms with van der Waals surface area (Å²) in [5.41, 5.74) is 5.11. The topological polar surface area (TPSA) is 87.8 Å². The second-order valence-electron chi connectivity index (χ2n) is 6.60. The fourth-order valence-electron chi connectivity index (χ4n) is 3.48. The Kier molecular flexibility index (Phi) is 7.31. The van der Waals surface area contributed by atoms with Crippen molar-refractivity contribution < 1.29 is 23.8 Å². The molecule has 0 spiro atoms. The molecule has 1 saturated carbocycles. The Morgan fingerprint density at radius 1 is 1.26 bits per heavy atom. The lowest BCUT2D eigenvalue weighted by atomic mass is 9.89. The molecule has 1 aliphatic carbocycles. The number of rotatable bonds is 5. The number of cyclic esters (lactones) is 1. The van der Waals surface area contributed by atoms with Crippen LogP contribution in [-0.2, 0) is 29.5 Å². The van der Waals surface area contributed by atoms with E-state index >= 15 is 0 Å². The molecule has 0 saturated heterocycles. The molecule has 27 heavy (non-hydrogen) atoms. The molecule has 148 valence electrons. The minimum absolute atomic E-state index is 0. The van der Waals surface area contributed by atoms with Crippen molar-refractivity contribution in [1.82, 2.24) is 0 Å². The lowest BCUT2D eigenvalue weighted by Crippen LogP contribution is -2.53. The molecule has 2 atom stereocenters. The fraction of sp³-hybridized carbons (Fsp3) is 0.474. The number of benzene rings is 1. The monoisotopic (exact) mass is 459 g/mol. The highest BCUT2D eigenvalue weighted by atomic mass is 79.9. The van der Waals surface area contributed by atoms with Crippen molar-refractivity contribution in [2.24, 2.45) is 11.7 Å². The van der Waals surface area contributed by atoms with E-state index in [1.54, 1.807) is 24.3 Å². The predicted octanol–water partition coefficient (Wildman–Crippen LogP) is 3.61. The zero-order valence-corrected chi connectivity index (χ0v) is 17.5. The summed E-state index contributed by atoms with van der Waals surface area (Å²) in [6, 6.07) is 6.75. The van der Waals surface area contributed by atoms with Crippen LogP contribution in [0.5, 0.6) is 0 Å². The van der Waals surface area contributed by atoms with Gasteiger partial charge in [0.25, 0.3) is 0 Å². The number of carbonyl (C=O) groups is 2. The maximum atomic E-state index is 12.8. The summed E-state index contributed by atoms with van der Waals surface area (Å²) in [6.45, 7) is 0. The van der Waals surface area contributed by atoms with Gasteiger partial charge in [0.1, 0.15) is 5.76 Å². The molecule has 6 nitrogen and oxygen atoms in total. The van der Waals surface area contributed by atoms with E-state index in [-0.39, 0.29) is 28.7 Å². The number of esters is 2. The Balaban J connectivity index is 0.00000261. The summed E-state index contributed by atoms with van der Waals surface area (Å²) in [4.78, 5) is 24.6. The summed E-state index contributed by atoms with van der Waals surface area (Å²) in [7, 11) is 1.40. The minimum Gasteiger partial charge on any atom is -0.497 e. The summed E-state index contributed by atoms with van der Waals surface area (Å²) in [5, 5.41) is 0.310. The first-order chi connectivity index (χ1) is 12.5. The van der Waals surface area contributed by atoms with Gasteiger partial charge in [-0.25, -0.2) is 4.79 Å². The maximum absolute atomic E-state index is 12.8. The highest BCUT2D eigenvalue weighted by molar-refractivity contribution is 8.93. The van der Waals surface area contributed by atoms with Gasteiger partial charge in [0.15, 0.2) is 0 Å². The highest BCUT2D eigenvalue weighted by Crippen LogP contribution is 2.38. The Labute approximate surface area is 173 Å². The van der Waals surface area contributed by atoms with Crippen molar-refractivity contribution in [1.29, 1.82) is 0 Å². The van der Waals surface area contributed by atoms with Crippen LogP contribution in [0.2, 0.25) is 5.02 Å². The summed E-state index contributed by atoms with van der Waals surface area (Å²) in [6.07, 6.45) is 4.67. The molecule has 1 fully saturated rings. The first-order valence-electron chi connectivity index (χ1n) is 8.68. The minimum atomic E-state index is -1.78. The van der Waals surface area contributed by atoms with Crippen molar-refractivity contribution in [3.05, 3.63) is 46.7 Å². The molecule has 1 aromatic rings. The second kappa shape index (κ2) is 9.08. The molecule has 3 rings (SSSR count). The van der Waals surface area contributed by atoms with E-state index in [4.69, 9.17) is 31.5 Å². The molecule has 2 N–H and O–H groups in total. The van der Waals surface area contributed by atoms with E-state index in [9.17, 15) is 9.59 Å². The van der Waals surface area contributed by atoms with Crippen LogP contribution in [0.3, 0.4) is 0 Å². The Morgan fingerprint density at radius 3 is 2.56 bits per heavy atom. The normalized spacial score (nSPS) is 22.1. The van der Waals surface area contributed by atoms with Crippen LogP contribution in [0.4, 0.5) is 0 Å². The van der Waals surface area contributed by atoms with Crippen LogP contribution in [0.25, 0.3) is 0 Å². The van der Waals surface area contributed by atoms with Crippen LogP contribution >= 0.6 is 28.6 Å². The van der Waals surface area contributed by atoms with Gasteiger partial charge < -0.3 is 14.2 Å². The lowest BCUT2D eigenvalue weighted by molar-refractivity contribution is -0.186. The van der Waals surface area contributed by atoms with Crippen LogP contribution in [-0.4, -0.2) is 25.2 Å². The van der Waals surface area contributed by atoms with Crippen LogP contribution in [0.15, 0.2) is 36.1 Å². The number of nitrogens with two attached hydrogens (primary N) is 1. The van der Waals surface area contributed by atoms with Gasteiger partial charge in [0, 0.05) is 10.6 Å². The summed E-state index contributed by atoms with van der Waals surface area (Å²) in [5.74, 6) is -1.05. The van der Waals surface area contributed by atoms with Crippen LogP contribution in [0.1, 0.15) is 37.7 Å². The molecule has 2 aliphatic rings.